The van der Waals surface area contributed by atoms with Gasteiger partial charge in [0.1, 0.15) is 0 Å². The molecule has 0 aliphatic carbocycles. The van der Waals surface area contributed by atoms with Gasteiger partial charge in [-0.05, 0) is 4.92 Å². The van der Waals surface area contributed by atoms with E-state index in [-0.39, 0.29) is 0 Å². The molecular weight excluding hydrogens is 188 g/mol. The summed E-state index contributed by atoms with van der Waals surface area (Å²) in [5.74, 6) is -0.725. The molecule has 0 aromatic carbocycles. The molecule has 9 heteroatoms. The van der Waals surface area contributed by atoms with Crippen molar-refractivity contribution < 1.29 is 13.3 Å². The normalized spacial score (nSPS) is 11.4. The summed E-state index contributed by atoms with van der Waals surface area (Å²) < 4.78 is 21.3. The van der Waals surface area contributed by atoms with Crippen LogP contribution in [-0.2, 0) is 10.0 Å². The van der Waals surface area contributed by atoms with E-state index in [0.29, 0.717) is 0 Å². The van der Waals surface area contributed by atoms with Crippen LogP contribution in [0, 0.1) is 10.1 Å². The number of primary sulfonamides is 1. The van der Waals surface area contributed by atoms with Gasteiger partial charge in [0.2, 0.25) is 10.0 Å². The SMILES string of the molecule is NS(=O)(=O)c1cn[nH]c1[N+](=O)[O-]. The smallest absolute Gasteiger partial charge is 0.358 e. The number of hydrogen-bond donors (Lipinski definition) is 2. The molecule has 0 atom stereocenters. The van der Waals surface area contributed by atoms with Crippen molar-refractivity contribution in [1.82, 2.24) is 10.2 Å². The fraction of sp³-hybridized carbons (Fsp3) is 0. The number of nitrogens with zero attached hydrogens (tertiary/aromatic N) is 2. The van der Waals surface area contributed by atoms with Crippen molar-refractivity contribution in [1.29, 1.82) is 0 Å². The number of aromatic amines is 1. The molecule has 0 bridgehead atoms. The largest absolute Gasteiger partial charge is 0.362 e. The van der Waals surface area contributed by atoms with E-state index in [2.05, 4.69) is 10.2 Å². The highest BCUT2D eigenvalue weighted by Gasteiger charge is 2.23. The first-order chi connectivity index (χ1) is 5.43. The predicted molar refractivity (Wildman–Crippen MR) is 36.6 cm³/mol. The van der Waals surface area contributed by atoms with E-state index >= 15 is 0 Å². The van der Waals surface area contributed by atoms with Crippen LogP contribution in [-0.4, -0.2) is 23.5 Å². The van der Waals surface area contributed by atoms with Gasteiger partial charge in [0.05, 0.1) is 6.20 Å². The van der Waals surface area contributed by atoms with Crippen molar-refractivity contribution >= 4 is 15.8 Å². The molecule has 0 unspecified atom stereocenters. The standard InChI is InChI=1S/C3H4N4O4S/c4-12(10,11)2-1-5-6-3(2)7(8)9/h1H,(H,5,6)(H2,4,10,11). The lowest BCUT2D eigenvalue weighted by Gasteiger charge is -1.92. The van der Waals surface area contributed by atoms with Gasteiger partial charge in [0, 0.05) is 0 Å². The van der Waals surface area contributed by atoms with Crippen molar-refractivity contribution in [3.8, 4) is 0 Å². The molecule has 0 spiro atoms. The fourth-order valence-electron chi connectivity index (χ4n) is 0.607. The highest BCUT2D eigenvalue weighted by atomic mass is 32.2. The minimum atomic E-state index is -4.07. The van der Waals surface area contributed by atoms with Gasteiger partial charge in [-0.1, -0.05) is 5.10 Å². The zero-order valence-corrected chi connectivity index (χ0v) is 6.41. The number of H-pyrrole nitrogens is 1. The molecule has 0 aliphatic heterocycles. The first-order valence-electron chi connectivity index (χ1n) is 2.63. The number of nitro groups is 1. The number of nitrogens with two attached hydrogens (primary N) is 1. The summed E-state index contributed by atoms with van der Waals surface area (Å²) in [6, 6.07) is 0. The summed E-state index contributed by atoms with van der Waals surface area (Å²) in [4.78, 5) is 8.62. The Kier molecular flexibility index (Phi) is 1.82. The van der Waals surface area contributed by atoms with Gasteiger partial charge >= 0.3 is 5.82 Å². The van der Waals surface area contributed by atoms with E-state index in [9.17, 15) is 18.5 Å². The van der Waals surface area contributed by atoms with Crippen molar-refractivity contribution in [3.63, 3.8) is 0 Å². The van der Waals surface area contributed by atoms with E-state index < -0.39 is 25.7 Å². The number of rotatable bonds is 2. The molecule has 0 fully saturated rings. The minimum Gasteiger partial charge on any atom is -0.358 e. The Bertz CT molecular complexity index is 406. The lowest BCUT2D eigenvalue weighted by Crippen LogP contribution is -2.12. The Hall–Kier alpha value is -1.48. The Balaban J connectivity index is 3.36. The molecule has 3 N–H and O–H groups in total. The highest BCUT2D eigenvalue weighted by molar-refractivity contribution is 7.89. The molecule has 0 radical (unpaired) electrons. The molecular formula is C3H4N4O4S. The summed E-state index contributed by atoms with van der Waals surface area (Å²) in [5, 5.41) is 19.9. The van der Waals surface area contributed by atoms with Crippen LogP contribution in [0.3, 0.4) is 0 Å². The maximum absolute atomic E-state index is 10.6. The van der Waals surface area contributed by atoms with E-state index in [1.54, 1.807) is 0 Å². The summed E-state index contributed by atoms with van der Waals surface area (Å²) in [6.07, 6.45) is 0.785. The monoisotopic (exact) mass is 192 g/mol. The quantitative estimate of drug-likeness (QED) is 0.456. The van der Waals surface area contributed by atoms with Gasteiger partial charge in [-0.15, -0.1) is 5.10 Å². The third-order valence-electron chi connectivity index (χ3n) is 1.07. The van der Waals surface area contributed by atoms with Crippen LogP contribution in [0.4, 0.5) is 5.82 Å². The second kappa shape index (κ2) is 2.53. The van der Waals surface area contributed by atoms with Crippen molar-refractivity contribution in [3.05, 3.63) is 16.3 Å². The van der Waals surface area contributed by atoms with Crippen LogP contribution >= 0.6 is 0 Å². The molecule has 0 amide bonds. The van der Waals surface area contributed by atoms with Crippen molar-refractivity contribution in [2.45, 2.75) is 4.90 Å². The molecule has 0 saturated carbocycles. The molecule has 1 rings (SSSR count). The second-order valence-electron chi connectivity index (χ2n) is 1.88. The third kappa shape index (κ3) is 1.40. The van der Waals surface area contributed by atoms with E-state index in [1.807, 2.05) is 5.10 Å². The van der Waals surface area contributed by atoms with E-state index in [0.717, 1.165) is 6.20 Å². The predicted octanol–water partition coefficient (Wildman–Crippen LogP) is -1.03. The molecule has 12 heavy (non-hydrogen) atoms. The summed E-state index contributed by atoms with van der Waals surface area (Å²) >= 11 is 0. The van der Waals surface area contributed by atoms with Gasteiger partial charge in [0.25, 0.3) is 0 Å². The number of aromatic nitrogens is 2. The lowest BCUT2D eigenvalue weighted by molar-refractivity contribution is -0.392. The molecule has 0 aliphatic rings. The molecule has 0 saturated heterocycles. The van der Waals surface area contributed by atoms with Crippen LogP contribution in [0.5, 0.6) is 0 Å². The average molecular weight is 192 g/mol. The lowest BCUT2D eigenvalue weighted by atomic mass is 10.6. The number of sulfonamides is 1. The maximum atomic E-state index is 10.6. The van der Waals surface area contributed by atoms with Gasteiger partial charge < -0.3 is 10.1 Å². The highest BCUT2D eigenvalue weighted by Crippen LogP contribution is 2.17. The topological polar surface area (TPSA) is 132 Å². The summed E-state index contributed by atoms with van der Waals surface area (Å²) in [7, 11) is -4.07. The van der Waals surface area contributed by atoms with Crippen LogP contribution in [0.1, 0.15) is 0 Å². The van der Waals surface area contributed by atoms with Crippen LogP contribution in [0.2, 0.25) is 0 Å². The first-order valence-corrected chi connectivity index (χ1v) is 4.18. The van der Waals surface area contributed by atoms with Crippen molar-refractivity contribution in [2.24, 2.45) is 5.14 Å². The summed E-state index contributed by atoms with van der Waals surface area (Å²) in [6.45, 7) is 0. The third-order valence-corrected chi connectivity index (χ3v) is 1.99. The van der Waals surface area contributed by atoms with E-state index in [4.69, 9.17) is 0 Å². The molecule has 1 aromatic rings. The Morgan fingerprint density at radius 1 is 1.67 bits per heavy atom. The van der Waals surface area contributed by atoms with Crippen LogP contribution in [0.15, 0.2) is 11.1 Å². The van der Waals surface area contributed by atoms with Crippen LogP contribution < -0.4 is 5.14 Å². The van der Waals surface area contributed by atoms with Crippen molar-refractivity contribution in [2.75, 3.05) is 0 Å². The Morgan fingerprint density at radius 2 is 2.25 bits per heavy atom. The Labute approximate surface area is 66.6 Å². The molecule has 1 aromatic heterocycles. The molecule has 66 valence electrons. The average Bonchev–Trinajstić information content (AvgIpc) is 2.30. The number of nitrogens with one attached hydrogen (secondary N) is 1. The van der Waals surface area contributed by atoms with Gasteiger partial charge in [0.15, 0.2) is 4.90 Å². The number of hydrogen-bond acceptors (Lipinski definition) is 5. The fourth-order valence-corrected chi connectivity index (χ4v) is 1.20. The van der Waals surface area contributed by atoms with E-state index in [1.165, 1.54) is 0 Å². The van der Waals surface area contributed by atoms with Gasteiger partial charge in [-0.25, -0.2) is 13.6 Å². The zero-order valence-electron chi connectivity index (χ0n) is 5.59. The van der Waals surface area contributed by atoms with Crippen LogP contribution in [0.25, 0.3) is 0 Å². The minimum absolute atomic E-state index is 0.618. The van der Waals surface area contributed by atoms with Gasteiger partial charge in [-0.3, -0.25) is 0 Å². The first kappa shape index (κ1) is 8.62. The van der Waals surface area contributed by atoms with Gasteiger partial charge in [-0.2, -0.15) is 0 Å². The molecule has 8 nitrogen and oxygen atoms in total. The summed E-state index contributed by atoms with van der Waals surface area (Å²) in [5.41, 5.74) is 0. The maximum Gasteiger partial charge on any atom is 0.362 e. The molecule has 1 heterocycles. The Morgan fingerprint density at radius 3 is 2.58 bits per heavy atom. The zero-order chi connectivity index (χ0) is 9.35. The second-order valence-corrected chi connectivity index (χ2v) is 3.41.